The van der Waals surface area contributed by atoms with Gasteiger partial charge in [0.2, 0.25) is 0 Å². The molecule has 0 bridgehead atoms. The van der Waals surface area contributed by atoms with Crippen LogP contribution in [-0.2, 0) is 32.3 Å². The van der Waals surface area contributed by atoms with Gasteiger partial charge in [0, 0.05) is 16.8 Å². The minimum absolute atomic E-state index is 0. The number of rotatable bonds is 6. The van der Waals surface area contributed by atoms with Crippen LogP contribution in [0, 0.1) is 18.3 Å². The van der Waals surface area contributed by atoms with E-state index in [9.17, 15) is 10.1 Å². The SMILES string of the molecule is COc1ccc(C(=O)CSc2nc3c(c(-c4ccc(C)o4)c2C#N)CCCC3)cc1.[Zn+2]. The van der Waals surface area contributed by atoms with E-state index in [2.05, 4.69) is 6.07 Å². The van der Waals surface area contributed by atoms with Crippen molar-refractivity contribution in [1.82, 2.24) is 4.98 Å². The predicted octanol–water partition coefficient (Wildman–Crippen LogP) is 5.38. The number of hydrogen-bond donors (Lipinski definition) is 0. The van der Waals surface area contributed by atoms with Crippen LogP contribution in [0.15, 0.2) is 45.8 Å². The Hall–Kier alpha value is -2.42. The molecule has 152 valence electrons. The third-order valence-electron chi connectivity index (χ3n) is 5.29. The second-order valence-corrected chi connectivity index (χ2v) is 8.23. The third-order valence-corrected chi connectivity index (χ3v) is 6.27. The molecule has 2 heterocycles. The molecule has 0 aliphatic heterocycles. The van der Waals surface area contributed by atoms with E-state index >= 15 is 0 Å². The van der Waals surface area contributed by atoms with Crippen LogP contribution in [0.5, 0.6) is 5.75 Å². The molecule has 31 heavy (non-hydrogen) atoms. The molecule has 0 radical (unpaired) electrons. The fraction of sp³-hybridized carbons (Fsp3) is 0.292. The van der Waals surface area contributed by atoms with Gasteiger partial charge in [0.1, 0.15) is 28.4 Å². The number of carbonyl (C=O) groups is 1. The van der Waals surface area contributed by atoms with Crippen molar-refractivity contribution >= 4 is 17.5 Å². The first-order chi connectivity index (χ1) is 14.6. The van der Waals surface area contributed by atoms with Gasteiger partial charge in [-0.2, -0.15) is 5.26 Å². The Morgan fingerprint density at radius 2 is 1.94 bits per heavy atom. The van der Waals surface area contributed by atoms with Crippen LogP contribution < -0.4 is 4.74 Å². The van der Waals surface area contributed by atoms with Crippen molar-refractivity contribution in [2.75, 3.05) is 12.9 Å². The van der Waals surface area contributed by atoms with E-state index < -0.39 is 0 Å². The van der Waals surface area contributed by atoms with Crippen LogP contribution in [0.25, 0.3) is 11.3 Å². The smallest absolute Gasteiger partial charge is 0.497 e. The largest absolute Gasteiger partial charge is 2.00 e. The van der Waals surface area contributed by atoms with Gasteiger partial charge < -0.3 is 9.15 Å². The molecule has 3 aromatic rings. The summed E-state index contributed by atoms with van der Waals surface area (Å²) in [5.74, 6) is 2.41. The first-order valence-electron chi connectivity index (χ1n) is 9.93. The molecule has 4 rings (SSSR count). The van der Waals surface area contributed by atoms with Crippen molar-refractivity contribution in [3.8, 4) is 23.1 Å². The zero-order chi connectivity index (χ0) is 21.1. The molecule has 1 aliphatic carbocycles. The number of carbonyl (C=O) groups excluding carboxylic acids is 1. The maximum atomic E-state index is 12.7. The number of nitriles is 1. The van der Waals surface area contributed by atoms with Crippen molar-refractivity contribution in [3.63, 3.8) is 0 Å². The van der Waals surface area contributed by atoms with Crippen LogP contribution >= 0.6 is 11.8 Å². The summed E-state index contributed by atoms with van der Waals surface area (Å²) in [5.41, 5.74) is 4.08. The summed E-state index contributed by atoms with van der Waals surface area (Å²) in [5, 5.41) is 10.6. The number of ether oxygens (including phenoxy) is 1. The molecule has 0 amide bonds. The number of Topliss-reactive ketones (excluding diaryl/α,β-unsaturated/α-hetero) is 1. The fourth-order valence-corrected chi connectivity index (χ4v) is 4.66. The number of aromatic nitrogens is 1. The molecule has 0 saturated heterocycles. The van der Waals surface area contributed by atoms with Gasteiger partial charge in [0.15, 0.2) is 5.78 Å². The molecule has 0 unspecified atom stereocenters. The van der Waals surface area contributed by atoms with Crippen LogP contribution in [0.2, 0.25) is 0 Å². The number of pyridine rings is 1. The van der Waals surface area contributed by atoms with Gasteiger partial charge in [0.05, 0.1) is 18.4 Å². The van der Waals surface area contributed by atoms with Crippen molar-refractivity contribution in [2.45, 2.75) is 37.6 Å². The standard InChI is InChI=1S/C24H22N2O3S.Zn/c1-15-7-12-22(29-15)23-18-5-3-4-6-20(18)26-24(19(23)13-25)30-14-21(27)16-8-10-17(28-2)11-9-16;/h7-12H,3-6,14H2,1-2H3;/q;+2. The van der Waals surface area contributed by atoms with Gasteiger partial charge >= 0.3 is 19.5 Å². The average Bonchev–Trinajstić information content (AvgIpc) is 3.22. The number of ketones is 1. The normalized spacial score (nSPS) is 12.4. The van der Waals surface area contributed by atoms with E-state index in [0.717, 1.165) is 48.3 Å². The second-order valence-electron chi connectivity index (χ2n) is 7.26. The minimum Gasteiger partial charge on any atom is -0.497 e. The molecular weight excluding hydrogens is 462 g/mol. The molecule has 7 heteroatoms. The molecule has 0 spiro atoms. The van der Waals surface area contributed by atoms with Crippen LogP contribution in [0.1, 0.15) is 45.8 Å². The summed E-state index contributed by atoms with van der Waals surface area (Å²) < 4.78 is 11.0. The third kappa shape index (κ3) is 4.92. The molecular formula is C24H22N2O3SZn+2. The molecule has 2 aromatic heterocycles. The van der Waals surface area contributed by atoms with E-state index in [4.69, 9.17) is 14.1 Å². The van der Waals surface area contributed by atoms with Crippen LogP contribution in [0.3, 0.4) is 0 Å². The average molecular weight is 484 g/mol. The Morgan fingerprint density at radius 1 is 1.19 bits per heavy atom. The number of nitrogens with zero attached hydrogens (tertiary/aromatic N) is 2. The van der Waals surface area contributed by atoms with E-state index in [0.29, 0.717) is 27.7 Å². The van der Waals surface area contributed by atoms with Gasteiger partial charge in [-0.05, 0) is 74.6 Å². The van der Waals surface area contributed by atoms with Gasteiger partial charge in [-0.1, -0.05) is 11.8 Å². The Balaban J connectivity index is 0.00000272. The summed E-state index contributed by atoms with van der Waals surface area (Å²) in [6, 6.07) is 13.2. The number of methoxy groups -OCH3 is 1. The molecule has 0 atom stereocenters. The van der Waals surface area contributed by atoms with Gasteiger partial charge in [-0.25, -0.2) is 4.98 Å². The number of thioether (sulfide) groups is 1. The Labute approximate surface area is 199 Å². The minimum atomic E-state index is -0.0125. The fourth-order valence-electron chi connectivity index (χ4n) is 3.76. The summed E-state index contributed by atoms with van der Waals surface area (Å²) in [6.45, 7) is 1.90. The maximum absolute atomic E-state index is 12.7. The Bertz CT molecular complexity index is 1130. The van der Waals surface area contributed by atoms with Crippen LogP contribution in [-0.4, -0.2) is 23.6 Å². The monoisotopic (exact) mass is 482 g/mol. The molecule has 5 nitrogen and oxygen atoms in total. The quantitative estimate of drug-likeness (QED) is 0.266. The summed E-state index contributed by atoms with van der Waals surface area (Å²) in [6.07, 6.45) is 3.93. The summed E-state index contributed by atoms with van der Waals surface area (Å²) in [4.78, 5) is 17.5. The van der Waals surface area contributed by atoms with E-state index in [-0.39, 0.29) is 31.0 Å². The van der Waals surface area contributed by atoms with Crippen molar-refractivity contribution < 1.29 is 33.4 Å². The van der Waals surface area contributed by atoms with E-state index in [1.165, 1.54) is 11.8 Å². The van der Waals surface area contributed by atoms with E-state index in [1.807, 2.05) is 19.1 Å². The first-order valence-corrected chi connectivity index (χ1v) is 10.9. The van der Waals surface area contributed by atoms with Crippen molar-refractivity contribution in [2.24, 2.45) is 0 Å². The summed E-state index contributed by atoms with van der Waals surface area (Å²) >= 11 is 1.32. The number of fused-ring (bicyclic) bond motifs is 1. The van der Waals surface area contributed by atoms with E-state index in [1.54, 1.807) is 31.4 Å². The first kappa shape index (κ1) is 23.3. The van der Waals surface area contributed by atoms with Gasteiger partial charge in [-0.3, -0.25) is 4.79 Å². The number of furan rings is 1. The summed E-state index contributed by atoms with van der Waals surface area (Å²) in [7, 11) is 1.59. The Kier molecular flexibility index (Phi) is 7.70. The van der Waals surface area contributed by atoms with Crippen LogP contribution in [0.4, 0.5) is 0 Å². The number of benzene rings is 1. The van der Waals surface area contributed by atoms with Gasteiger partial charge in [-0.15, -0.1) is 0 Å². The van der Waals surface area contributed by atoms with Crippen molar-refractivity contribution in [3.05, 3.63) is 64.5 Å². The molecule has 0 N–H and O–H groups in total. The molecule has 1 aromatic carbocycles. The maximum Gasteiger partial charge on any atom is 2.00 e. The molecule has 1 aliphatic rings. The number of hydrogen-bond acceptors (Lipinski definition) is 6. The zero-order valence-electron chi connectivity index (χ0n) is 17.7. The molecule has 0 fully saturated rings. The Morgan fingerprint density at radius 3 is 2.58 bits per heavy atom. The second kappa shape index (κ2) is 10.3. The predicted molar refractivity (Wildman–Crippen MR) is 116 cm³/mol. The van der Waals surface area contributed by atoms with Gasteiger partial charge in [0.25, 0.3) is 0 Å². The topological polar surface area (TPSA) is 76.1 Å². The molecule has 0 saturated carbocycles. The number of aryl methyl sites for hydroxylation is 2. The van der Waals surface area contributed by atoms with Crippen molar-refractivity contribution in [1.29, 1.82) is 5.26 Å². The zero-order valence-corrected chi connectivity index (χ0v) is 21.5.